The second kappa shape index (κ2) is 8.18. The minimum absolute atomic E-state index is 0. The highest BCUT2D eigenvalue weighted by Crippen LogP contribution is 2.34. The standard InChI is InChI=1S/C16H23F3N2.ClH/c1-12(2)13-4-3-5-14(10-13)15(11-16(17,18)19)21-8-6-20-7-9-21;/h3-5,10,12,15,20H,6-9,11H2,1-2H3;1H/t15-;/m1./s1. The number of rotatable bonds is 4. The summed E-state index contributed by atoms with van der Waals surface area (Å²) < 4.78 is 38.9. The van der Waals surface area contributed by atoms with Gasteiger partial charge < -0.3 is 5.32 Å². The summed E-state index contributed by atoms with van der Waals surface area (Å²) in [7, 11) is 0. The van der Waals surface area contributed by atoms with Gasteiger partial charge in [-0.2, -0.15) is 13.2 Å². The van der Waals surface area contributed by atoms with E-state index < -0.39 is 18.6 Å². The number of piperazine rings is 1. The fourth-order valence-corrected chi connectivity index (χ4v) is 2.80. The van der Waals surface area contributed by atoms with E-state index in [2.05, 4.69) is 19.2 Å². The van der Waals surface area contributed by atoms with Gasteiger partial charge in [-0.15, -0.1) is 12.4 Å². The zero-order valence-corrected chi connectivity index (χ0v) is 13.8. The Morgan fingerprint density at radius 2 is 1.73 bits per heavy atom. The first kappa shape index (κ1) is 19.3. The fourth-order valence-electron chi connectivity index (χ4n) is 2.80. The Labute approximate surface area is 136 Å². The van der Waals surface area contributed by atoms with Gasteiger partial charge in [0.2, 0.25) is 0 Å². The minimum Gasteiger partial charge on any atom is -0.314 e. The van der Waals surface area contributed by atoms with Gasteiger partial charge in [0.05, 0.1) is 6.42 Å². The maximum atomic E-state index is 13.0. The molecule has 0 spiro atoms. The van der Waals surface area contributed by atoms with E-state index in [9.17, 15) is 13.2 Å². The molecule has 2 rings (SSSR count). The molecule has 1 aliphatic heterocycles. The Morgan fingerprint density at radius 1 is 1.14 bits per heavy atom. The van der Waals surface area contributed by atoms with Gasteiger partial charge in [-0.05, 0) is 17.0 Å². The lowest BCUT2D eigenvalue weighted by atomic mass is 9.95. The van der Waals surface area contributed by atoms with E-state index in [0.717, 1.165) is 24.2 Å². The summed E-state index contributed by atoms with van der Waals surface area (Å²) in [5.41, 5.74) is 1.87. The van der Waals surface area contributed by atoms with E-state index in [4.69, 9.17) is 0 Å². The Bertz CT molecular complexity index is 457. The predicted molar refractivity (Wildman–Crippen MR) is 85.6 cm³/mol. The van der Waals surface area contributed by atoms with Gasteiger partial charge in [-0.1, -0.05) is 38.1 Å². The van der Waals surface area contributed by atoms with Crippen molar-refractivity contribution in [3.05, 3.63) is 35.4 Å². The van der Waals surface area contributed by atoms with Crippen LogP contribution < -0.4 is 5.32 Å². The quantitative estimate of drug-likeness (QED) is 0.889. The van der Waals surface area contributed by atoms with Crippen molar-refractivity contribution in [1.29, 1.82) is 0 Å². The lowest BCUT2D eigenvalue weighted by molar-refractivity contribution is -0.148. The molecule has 1 N–H and O–H groups in total. The summed E-state index contributed by atoms with van der Waals surface area (Å²) in [4.78, 5) is 1.95. The van der Waals surface area contributed by atoms with Gasteiger partial charge in [-0.3, -0.25) is 4.90 Å². The van der Waals surface area contributed by atoms with Crippen LogP contribution in [0.25, 0.3) is 0 Å². The first-order valence-electron chi connectivity index (χ1n) is 7.48. The number of benzene rings is 1. The molecule has 2 nitrogen and oxygen atoms in total. The van der Waals surface area contributed by atoms with Crippen molar-refractivity contribution in [3.8, 4) is 0 Å². The average molecular weight is 337 g/mol. The molecule has 1 heterocycles. The molecular formula is C16H24ClF3N2. The molecule has 6 heteroatoms. The van der Waals surface area contributed by atoms with Crippen LogP contribution in [0.2, 0.25) is 0 Å². The third kappa shape index (κ3) is 5.45. The van der Waals surface area contributed by atoms with Gasteiger partial charge in [0, 0.05) is 32.2 Å². The molecule has 1 aromatic rings. The maximum absolute atomic E-state index is 13.0. The van der Waals surface area contributed by atoms with Crippen LogP contribution >= 0.6 is 12.4 Å². The van der Waals surface area contributed by atoms with Crippen molar-refractivity contribution >= 4 is 12.4 Å². The average Bonchev–Trinajstić information content (AvgIpc) is 2.45. The zero-order chi connectivity index (χ0) is 15.5. The normalized spacial score (nSPS) is 18.1. The molecule has 0 radical (unpaired) electrons. The molecule has 1 atom stereocenters. The van der Waals surface area contributed by atoms with Crippen LogP contribution in [0.3, 0.4) is 0 Å². The number of hydrogen-bond acceptors (Lipinski definition) is 2. The minimum atomic E-state index is -4.15. The molecule has 0 saturated carbocycles. The topological polar surface area (TPSA) is 15.3 Å². The largest absolute Gasteiger partial charge is 0.390 e. The van der Waals surface area contributed by atoms with Gasteiger partial charge in [0.1, 0.15) is 0 Å². The van der Waals surface area contributed by atoms with Crippen molar-refractivity contribution in [3.63, 3.8) is 0 Å². The molecule has 0 amide bonds. The van der Waals surface area contributed by atoms with Crippen LogP contribution in [0.15, 0.2) is 24.3 Å². The van der Waals surface area contributed by atoms with E-state index in [1.165, 1.54) is 0 Å². The van der Waals surface area contributed by atoms with Gasteiger partial charge in [0.15, 0.2) is 0 Å². The monoisotopic (exact) mass is 336 g/mol. The second-order valence-corrected chi connectivity index (χ2v) is 5.95. The van der Waals surface area contributed by atoms with Crippen LogP contribution in [0, 0.1) is 0 Å². The van der Waals surface area contributed by atoms with Crippen molar-refractivity contribution in [2.24, 2.45) is 0 Å². The molecule has 1 aromatic carbocycles. The molecule has 126 valence electrons. The molecule has 1 fully saturated rings. The Kier molecular flexibility index (Phi) is 7.16. The van der Waals surface area contributed by atoms with E-state index in [1.54, 1.807) is 0 Å². The molecule has 1 aliphatic rings. The van der Waals surface area contributed by atoms with Crippen molar-refractivity contribution in [1.82, 2.24) is 10.2 Å². The SMILES string of the molecule is CC(C)c1cccc([C@@H](CC(F)(F)F)N2CCNCC2)c1.Cl. The van der Waals surface area contributed by atoms with E-state index in [1.807, 2.05) is 29.2 Å². The third-order valence-electron chi connectivity index (χ3n) is 3.98. The summed E-state index contributed by atoms with van der Waals surface area (Å²) in [6.45, 7) is 6.93. The highest BCUT2D eigenvalue weighted by atomic mass is 35.5. The number of nitrogens with one attached hydrogen (secondary N) is 1. The second-order valence-electron chi connectivity index (χ2n) is 5.95. The lowest BCUT2D eigenvalue weighted by Crippen LogP contribution is -2.46. The van der Waals surface area contributed by atoms with Crippen LogP contribution in [-0.4, -0.2) is 37.3 Å². The van der Waals surface area contributed by atoms with E-state index >= 15 is 0 Å². The molecule has 0 aliphatic carbocycles. The predicted octanol–water partition coefficient (Wildman–Crippen LogP) is 4.13. The van der Waals surface area contributed by atoms with Crippen LogP contribution in [0.4, 0.5) is 13.2 Å². The summed E-state index contributed by atoms with van der Waals surface area (Å²) in [5.74, 6) is 0.319. The molecule has 22 heavy (non-hydrogen) atoms. The molecule has 0 bridgehead atoms. The zero-order valence-electron chi connectivity index (χ0n) is 13.0. The molecular weight excluding hydrogens is 313 g/mol. The molecule has 0 unspecified atom stereocenters. The number of alkyl halides is 3. The third-order valence-corrected chi connectivity index (χ3v) is 3.98. The summed E-state index contributed by atoms with van der Waals surface area (Å²) in [6.07, 6.45) is -4.93. The number of hydrogen-bond donors (Lipinski definition) is 1. The molecule has 1 saturated heterocycles. The summed E-state index contributed by atoms with van der Waals surface area (Å²) in [5, 5.41) is 3.19. The maximum Gasteiger partial charge on any atom is 0.390 e. The molecule has 0 aromatic heterocycles. The van der Waals surface area contributed by atoms with Gasteiger partial charge >= 0.3 is 6.18 Å². The van der Waals surface area contributed by atoms with Crippen molar-refractivity contribution in [2.75, 3.05) is 26.2 Å². The highest BCUT2D eigenvalue weighted by molar-refractivity contribution is 5.85. The Hall–Kier alpha value is -0.780. The van der Waals surface area contributed by atoms with E-state index in [0.29, 0.717) is 19.0 Å². The number of nitrogens with zero attached hydrogens (tertiary/aromatic N) is 1. The van der Waals surface area contributed by atoms with Crippen LogP contribution in [-0.2, 0) is 0 Å². The summed E-state index contributed by atoms with van der Waals surface area (Å²) in [6, 6.07) is 7.03. The van der Waals surface area contributed by atoms with E-state index in [-0.39, 0.29) is 12.4 Å². The Morgan fingerprint density at radius 3 is 2.27 bits per heavy atom. The first-order chi connectivity index (χ1) is 9.87. The van der Waals surface area contributed by atoms with Crippen molar-refractivity contribution < 1.29 is 13.2 Å². The first-order valence-corrected chi connectivity index (χ1v) is 7.48. The van der Waals surface area contributed by atoms with Gasteiger partial charge in [-0.25, -0.2) is 0 Å². The number of halogens is 4. The van der Waals surface area contributed by atoms with Crippen LogP contribution in [0.5, 0.6) is 0 Å². The van der Waals surface area contributed by atoms with Crippen LogP contribution in [0.1, 0.15) is 43.4 Å². The Balaban J connectivity index is 0.00000242. The summed E-state index contributed by atoms with van der Waals surface area (Å²) >= 11 is 0. The lowest BCUT2D eigenvalue weighted by Gasteiger charge is -2.36. The van der Waals surface area contributed by atoms with Gasteiger partial charge in [0.25, 0.3) is 0 Å². The smallest absolute Gasteiger partial charge is 0.314 e. The fraction of sp³-hybridized carbons (Fsp3) is 0.625. The van der Waals surface area contributed by atoms with Crippen molar-refractivity contribution in [2.45, 2.75) is 38.4 Å². The highest BCUT2D eigenvalue weighted by Gasteiger charge is 2.36.